The Labute approximate surface area is 191 Å². The van der Waals surface area contributed by atoms with Crippen LogP contribution in [-0.4, -0.2) is 46.1 Å². The van der Waals surface area contributed by atoms with Crippen LogP contribution in [0.4, 0.5) is 0 Å². The molecule has 3 atom stereocenters. The van der Waals surface area contributed by atoms with Gasteiger partial charge in [0, 0.05) is 6.42 Å². The highest BCUT2D eigenvalue weighted by atomic mass is 16.3. The van der Waals surface area contributed by atoms with E-state index in [0.717, 1.165) is 38.5 Å². The van der Waals surface area contributed by atoms with Crippen LogP contribution in [-0.2, 0) is 4.79 Å². The van der Waals surface area contributed by atoms with Crippen LogP contribution < -0.4 is 5.32 Å². The van der Waals surface area contributed by atoms with Crippen LogP contribution in [0.1, 0.15) is 123 Å². The molecule has 0 saturated heterocycles. The van der Waals surface area contributed by atoms with E-state index in [0.29, 0.717) is 12.8 Å². The van der Waals surface area contributed by atoms with Gasteiger partial charge in [0.2, 0.25) is 5.91 Å². The molecule has 184 valence electrons. The minimum atomic E-state index is -1.14. The Bertz CT molecular complexity index is 428. The van der Waals surface area contributed by atoms with E-state index in [2.05, 4.69) is 31.3 Å². The summed E-state index contributed by atoms with van der Waals surface area (Å²) in [6.45, 7) is 4.04. The molecule has 0 aromatic heterocycles. The molecule has 0 saturated carbocycles. The molecule has 0 aromatic carbocycles. The third kappa shape index (κ3) is 18.4. The standard InChI is InChI=1S/C26H51NO4/c1-3-5-7-9-11-13-15-17-19-21-25(30)27-23(22-28)26(31)24(29)20-18-16-14-12-10-8-6-4-2/h13,15,23-24,26,28-29,31H,3-12,14,16-22H2,1-2H3,(H,27,30)/b15-13-. The molecule has 1 amide bonds. The Morgan fingerprint density at radius 1 is 0.774 bits per heavy atom. The fourth-order valence-electron chi connectivity index (χ4n) is 3.75. The lowest BCUT2D eigenvalue weighted by Crippen LogP contribution is -2.50. The fraction of sp³-hybridized carbons (Fsp3) is 0.885. The second kappa shape index (κ2) is 22.3. The van der Waals surface area contributed by atoms with Gasteiger partial charge in [-0.1, -0.05) is 96.6 Å². The third-order valence-electron chi connectivity index (χ3n) is 5.87. The van der Waals surface area contributed by atoms with Gasteiger partial charge in [-0.3, -0.25) is 4.79 Å². The molecule has 0 rings (SSSR count). The lowest BCUT2D eigenvalue weighted by molar-refractivity contribution is -0.124. The first-order chi connectivity index (χ1) is 15.1. The van der Waals surface area contributed by atoms with Crippen molar-refractivity contribution in [2.45, 2.75) is 141 Å². The molecular formula is C26H51NO4. The number of hydrogen-bond donors (Lipinski definition) is 4. The average Bonchev–Trinajstić information content (AvgIpc) is 2.77. The molecule has 0 aliphatic rings. The fourth-order valence-corrected chi connectivity index (χ4v) is 3.75. The highest BCUT2D eigenvalue weighted by Gasteiger charge is 2.26. The molecule has 0 radical (unpaired) electrons. The van der Waals surface area contributed by atoms with Crippen LogP contribution in [0.15, 0.2) is 12.2 Å². The Morgan fingerprint density at radius 2 is 1.29 bits per heavy atom. The van der Waals surface area contributed by atoms with Crippen molar-refractivity contribution in [2.75, 3.05) is 6.61 Å². The van der Waals surface area contributed by atoms with E-state index in [1.54, 1.807) is 0 Å². The van der Waals surface area contributed by atoms with Gasteiger partial charge in [0.05, 0.1) is 18.8 Å². The minimum Gasteiger partial charge on any atom is -0.394 e. The summed E-state index contributed by atoms with van der Waals surface area (Å²) in [5, 5.41) is 32.8. The summed E-state index contributed by atoms with van der Waals surface area (Å²) >= 11 is 0. The number of carbonyl (C=O) groups excluding carboxylic acids is 1. The first kappa shape index (κ1) is 30.1. The maximum atomic E-state index is 12.1. The predicted octanol–water partition coefficient (Wildman–Crippen LogP) is 5.41. The van der Waals surface area contributed by atoms with Gasteiger partial charge in [-0.05, 0) is 32.1 Å². The molecule has 0 heterocycles. The van der Waals surface area contributed by atoms with E-state index in [1.165, 1.54) is 57.8 Å². The Balaban J connectivity index is 3.90. The highest BCUT2D eigenvalue weighted by Crippen LogP contribution is 2.13. The quantitative estimate of drug-likeness (QED) is 0.133. The first-order valence-electron chi connectivity index (χ1n) is 13.0. The number of aliphatic hydroxyl groups excluding tert-OH is 3. The van der Waals surface area contributed by atoms with Gasteiger partial charge in [-0.2, -0.15) is 0 Å². The average molecular weight is 442 g/mol. The van der Waals surface area contributed by atoms with E-state index in [1.807, 2.05) is 0 Å². The number of carbonyl (C=O) groups is 1. The molecule has 31 heavy (non-hydrogen) atoms. The van der Waals surface area contributed by atoms with Crippen LogP contribution in [0.25, 0.3) is 0 Å². The summed E-state index contributed by atoms with van der Waals surface area (Å²) in [6, 6.07) is -0.814. The van der Waals surface area contributed by atoms with Gasteiger partial charge in [0.15, 0.2) is 0 Å². The van der Waals surface area contributed by atoms with Gasteiger partial charge in [-0.15, -0.1) is 0 Å². The van der Waals surface area contributed by atoms with Crippen molar-refractivity contribution in [2.24, 2.45) is 0 Å². The highest BCUT2D eigenvalue weighted by molar-refractivity contribution is 5.76. The van der Waals surface area contributed by atoms with Crippen LogP contribution >= 0.6 is 0 Å². The van der Waals surface area contributed by atoms with Crippen molar-refractivity contribution in [1.29, 1.82) is 0 Å². The van der Waals surface area contributed by atoms with Crippen LogP contribution in [0.2, 0.25) is 0 Å². The molecule has 5 heteroatoms. The number of nitrogens with one attached hydrogen (secondary N) is 1. The zero-order chi connectivity index (χ0) is 23.2. The zero-order valence-corrected chi connectivity index (χ0v) is 20.4. The van der Waals surface area contributed by atoms with Crippen molar-refractivity contribution >= 4 is 5.91 Å². The summed E-state index contributed by atoms with van der Waals surface area (Å²) in [4.78, 5) is 12.1. The molecule has 0 aliphatic heterocycles. The summed E-state index contributed by atoms with van der Waals surface area (Å²) in [5.41, 5.74) is 0. The van der Waals surface area contributed by atoms with Crippen LogP contribution in [0.3, 0.4) is 0 Å². The smallest absolute Gasteiger partial charge is 0.220 e. The van der Waals surface area contributed by atoms with Gasteiger partial charge in [0.25, 0.3) is 0 Å². The van der Waals surface area contributed by atoms with Gasteiger partial charge in [0.1, 0.15) is 6.10 Å². The van der Waals surface area contributed by atoms with E-state index in [4.69, 9.17) is 0 Å². The van der Waals surface area contributed by atoms with Crippen molar-refractivity contribution in [1.82, 2.24) is 5.32 Å². The monoisotopic (exact) mass is 441 g/mol. The Hall–Kier alpha value is -0.910. The largest absolute Gasteiger partial charge is 0.394 e. The van der Waals surface area contributed by atoms with Gasteiger partial charge >= 0.3 is 0 Å². The minimum absolute atomic E-state index is 0.186. The maximum absolute atomic E-state index is 12.1. The van der Waals surface area contributed by atoms with Crippen molar-refractivity contribution in [3.8, 4) is 0 Å². The summed E-state index contributed by atoms with van der Waals surface area (Å²) in [5.74, 6) is -0.186. The molecule has 5 nitrogen and oxygen atoms in total. The topological polar surface area (TPSA) is 89.8 Å². The molecule has 0 spiro atoms. The lowest BCUT2D eigenvalue weighted by Gasteiger charge is -2.26. The number of hydrogen-bond acceptors (Lipinski definition) is 4. The maximum Gasteiger partial charge on any atom is 0.220 e. The van der Waals surface area contributed by atoms with Crippen molar-refractivity contribution < 1.29 is 20.1 Å². The molecule has 0 aromatic rings. The van der Waals surface area contributed by atoms with E-state index >= 15 is 0 Å². The number of allylic oxidation sites excluding steroid dienone is 2. The number of amides is 1. The summed E-state index contributed by atoms with van der Waals surface area (Å²) in [7, 11) is 0. The van der Waals surface area contributed by atoms with E-state index in [9.17, 15) is 20.1 Å². The molecular weight excluding hydrogens is 390 g/mol. The number of unbranched alkanes of at least 4 members (excludes halogenated alkanes) is 12. The van der Waals surface area contributed by atoms with E-state index < -0.39 is 18.2 Å². The second-order valence-corrected chi connectivity index (χ2v) is 8.89. The summed E-state index contributed by atoms with van der Waals surface area (Å²) < 4.78 is 0. The molecule has 3 unspecified atom stereocenters. The number of rotatable bonds is 22. The Morgan fingerprint density at radius 3 is 1.87 bits per heavy atom. The predicted molar refractivity (Wildman–Crippen MR) is 130 cm³/mol. The van der Waals surface area contributed by atoms with Crippen molar-refractivity contribution in [3.63, 3.8) is 0 Å². The normalized spacial score (nSPS) is 14.6. The van der Waals surface area contributed by atoms with Crippen LogP contribution in [0.5, 0.6) is 0 Å². The molecule has 0 bridgehead atoms. The third-order valence-corrected chi connectivity index (χ3v) is 5.87. The zero-order valence-electron chi connectivity index (χ0n) is 20.4. The Kier molecular flexibility index (Phi) is 21.6. The SMILES string of the molecule is CCCCCC/C=C\CCCC(=O)NC(CO)C(O)C(O)CCCCCCCCCC. The molecule has 0 fully saturated rings. The van der Waals surface area contributed by atoms with Gasteiger partial charge < -0.3 is 20.6 Å². The van der Waals surface area contributed by atoms with E-state index in [-0.39, 0.29) is 12.5 Å². The molecule has 4 N–H and O–H groups in total. The summed E-state index contributed by atoms with van der Waals surface area (Å²) in [6.07, 6.45) is 20.2. The lowest BCUT2D eigenvalue weighted by atomic mass is 9.99. The number of aliphatic hydroxyl groups is 3. The molecule has 0 aliphatic carbocycles. The van der Waals surface area contributed by atoms with Gasteiger partial charge in [-0.25, -0.2) is 0 Å². The first-order valence-corrected chi connectivity index (χ1v) is 13.0. The van der Waals surface area contributed by atoms with Crippen LogP contribution in [0, 0.1) is 0 Å². The second-order valence-electron chi connectivity index (χ2n) is 8.89. The van der Waals surface area contributed by atoms with Crippen molar-refractivity contribution in [3.05, 3.63) is 12.2 Å².